The summed E-state index contributed by atoms with van der Waals surface area (Å²) >= 11 is 3.37. The van der Waals surface area contributed by atoms with Crippen LogP contribution >= 0.6 is 15.9 Å². The van der Waals surface area contributed by atoms with E-state index in [0.29, 0.717) is 25.3 Å². The Hall–Kier alpha value is -0.620. The first-order valence-electron chi connectivity index (χ1n) is 7.08. The van der Waals surface area contributed by atoms with Crippen LogP contribution in [0.2, 0.25) is 0 Å². The second-order valence-electron chi connectivity index (χ2n) is 5.07. The average Bonchev–Trinajstić information content (AvgIpc) is 2.40. The third kappa shape index (κ3) is 5.05. The molecule has 1 aromatic rings. The maximum absolute atomic E-state index is 9.87. The number of aliphatic hydroxyl groups is 1. The monoisotopic (exact) mass is 343 g/mol. The van der Waals surface area contributed by atoms with E-state index in [1.807, 2.05) is 31.2 Å². The van der Waals surface area contributed by atoms with Crippen molar-refractivity contribution < 1.29 is 14.6 Å². The van der Waals surface area contributed by atoms with Crippen LogP contribution in [0.5, 0.6) is 5.75 Å². The molecular weight excluding hydrogens is 322 g/mol. The van der Waals surface area contributed by atoms with Gasteiger partial charge in [-0.3, -0.25) is 0 Å². The summed E-state index contributed by atoms with van der Waals surface area (Å²) in [6.45, 7) is 3.65. The molecule has 1 saturated carbocycles. The minimum absolute atomic E-state index is 0.302. The molecule has 0 radical (unpaired) electrons. The Morgan fingerprint density at radius 3 is 2.70 bits per heavy atom. The standard InChI is InChI=1S/C15H22BrNO3/c1-2-19-15-7-12(8-15)17-9-13(18)10-20-14-5-3-11(16)4-6-14/h3-6,12-13,15,17-18H,2,7-10H2,1H3. The fourth-order valence-corrected chi connectivity index (χ4v) is 2.45. The Bertz CT molecular complexity index is 393. The van der Waals surface area contributed by atoms with E-state index in [1.54, 1.807) is 0 Å². The molecule has 2 rings (SSSR count). The molecule has 2 N–H and O–H groups in total. The minimum atomic E-state index is -0.496. The highest BCUT2D eigenvalue weighted by molar-refractivity contribution is 9.10. The van der Waals surface area contributed by atoms with Gasteiger partial charge in [0.1, 0.15) is 18.5 Å². The lowest BCUT2D eigenvalue weighted by atomic mass is 9.89. The van der Waals surface area contributed by atoms with Gasteiger partial charge in [0, 0.05) is 23.7 Å². The van der Waals surface area contributed by atoms with E-state index in [-0.39, 0.29) is 0 Å². The molecule has 1 atom stereocenters. The molecule has 1 aliphatic carbocycles. The predicted molar refractivity (Wildman–Crippen MR) is 82.1 cm³/mol. The molecule has 1 aromatic carbocycles. The number of halogens is 1. The van der Waals surface area contributed by atoms with E-state index < -0.39 is 6.10 Å². The summed E-state index contributed by atoms with van der Waals surface area (Å²) < 4.78 is 12.0. The van der Waals surface area contributed by atoms with Crippen LogP contribution in [0.4, 0.5) is 0 Å². The first kappa shape index (κ1) is 15.8. The van der Waals surface area contributed by atoms with Crippen molar-refractivity contribution in [3.63, 3.8) is 0 Å². The second kappa shape index (κ2) is 7.98. The highest BCUT2D eigenvalue weighted by Crippen LogP contribution is 2.23. The van der Waals surface area contributed by atoms with Crippen LogP contribution in [0, 0.1) is 0 Å². The van der Waals surface area contributed by atoms with E-state index in [0.717, 1.165) is 29.7 Å². The normalized spacial score (nSPS) is 23.1. The number of benzene rings is 1. The summed E-state index contributed by atoms with van der Waals surface area (Å²) in [6, 6.07) is 8.06. The summed E-state index contributed by atoms with van der Waals surface area (Å²) in [4.78, 5) is 0. The molecule has 4 nitrogen and oxygen atoms in total. The molecule has 0 aromatic heterocycles. The summed E-state index contributed by atoms with van der Waals surface area (Å²) in [5.41, 5.74) is 0. The number of nitrogens with one attached hydrogen (secondary N) is 1. The Morgan fingerprint density at radius 1 is 1.35 bits per heavy atom. The quantitative estimate of drug-likeness (QED) is 0.760. The third-order valence-corrected chi connectivity index (χ3v) is 3.92. The number of hydrogen-bond acceptors (Lipinski definition) is 4. The lowest BCUT2D eigenvalue weighted by Crippen LogP contribution is -2.48. The van der Waals surface area contributed by atoms with Crippen LogP contribution in [0.15, 0.2) is 28.7 Å². The zero-order valence-corrected chi connectivity index (χ0v) is 13.3. The first-order chi connectivity index (χ1) is 9.67. The third-order valence-electron chi connectivity index (χ3n) is 3.40. The second-order valence-corrected chi connectivity index (χ2v) is 5.99. The van der Waals surface area contributed by atoms with Gasteiger partial charge >= 0.3 is 0 Å². The van der Waals surface area contributed by atoms with Gasteiger partial charge in [-0.25, -0.2) is 0 Å². The van der Waals surface area contributed by atoms with Gasteiger partial charge < -0.3 is 19.9 Å². The van der Waals surface area contributed by atoms with Gasteiger partial charge in [0.2, 0.25) is 0 Å². The molecule has 20 heavy (non-hydrogen) atoms. The lowest BCUT2D eigenvalue weighted by Gasteiger charge is -2.36. The van der Waals surface area contributed by atoms with Gasteiger partial charge in [0.25, 0.3) is 0 Å². The molecule has 0 bridgehead atoms. The van der Waals surface area contributed by atoms with E-state index in [4.69, 9.17) is 9.47 Å². The largest absolute Gasteiger partial charge is 0.491 e. The van der Waals surface area contributed by atoms with Crippen molar-refractivity contribution in [1.29, 1.82) is 0 Å². The number of ether oxygens (including phenoxy) is 2. The van der Waals surface area contributed by atoms with Gasteiger partial charge in [0.15, 0.2) is 0 Å². The smallest absolute Gasteiger partial charge is 0.119 e. The summed E-state index contributed by atoms with van der Waals surface area (Å²) in [7, 11) is 0. The molecule has 0 heterocycles. The average molecular weight is 344 g/mol. The molecule has 0 amide bonds. The lowest BCUT2D eigenvalue weighted by molar-refractivity contribution is -0.0134. The highest BCUT2D eigenvalue weighted by atomic mass is 79.9. The van der Waals surface area contributed by atoms with Crippen LogP contribution in [0.25, 0.3) is 0 Å². The SMILES string of the molecule is CCOC1CC(NCC(O)COc2ccc(Br)cc2)C1. The molecule has 5 heteroatoms. The maximum Gasteiger partial charge on any atom is 0.119 e. The van der Waals surface area contributed by atoms with Crippen molar-refractivity contribution in [2.24, 2.45) is 0 Å². The highest BCUT2D eigenvalue weighted by Gasteiger charge is 2.29. The molecular formula is C15H22BrNO3. The molecule has 0 saturated heterocycles. The van der Waals surface area contributed by atoms with Crippen molar-refractivity contribution in [2.45, 2.75) is 38.0 Å². The number of hydrogen-bond donors (Lipinski definition) is 2. The van der Waals surface area contributed by atoms with Crippen molar-refractivity contribution in [3.05, 3.63) is 28.7 Å². The van der Waals surface area contributed by atoms with Crippen LogP contribution in [-0.2, 0) is 4.74 Å². The zero-order valence-electron chi connectivity index (χ0n) is 11.7. The molecule has 1 aliphatic rings. The predicted octanol–water partition coefficient (Wildman–Crippen LogP) is 2.35. The Balaban J connectivity index is 1.57. The minimum Gasteiger partial charge on any atom is -0.491 e. The molecule has 0 spiro atoms. The fraction of sp³-hybridized carbons (Fsp3) is 0.600. The van der Waals surface area contributed by atoms with Crippen LogP contribution < -0.4 is 10.1 Å². The molecule has 1 fully saturated rings. The maximum atomic E-state index is 9.87. The zero-order chi connectivity index (χ0) is 14.4. The Morgan fingerprint density at radius 2 is 2.05 bits per heavy atom. The molecule has 112 valence electrons. The van der Waals surface area contributed by atoms with Crippen molar-refractivity contribution in [3.8, 4) is 5.75 Å². The van der Waals surface area contributed by atoms with E-state index >= 15 is 0 Å². The molecule has 0 aliphatic heterocycles. The van der Waals surface area contributed by atoms with Crippen LogP contribution in [0.3, 0.4) is 0 Å². The van der Waals surface area contributed by atoms with Crippen molar-refractivity contribution >= 4 is 15.9 Å². The van der Waals surface area contributed by atoms with Gasteiger partial charge in [-0.15, -0.1) is 0 Å². The van der Waals surface area contributed by atoms with Crippen molar-refractivity contribution in [1.82, 2.24) is 5.32 Å². The Kier molecular flexibility index (Phi) is 6.29. The summed E-state index contributed by atoms with van der Waals surface area (Å²) in [5, 5.41) is 13.2. The van der Waals surface area contributed by atoms with E-state index in [2.05, 4.69) is 21.2 Å². The fourth-order valence-electron chi connectivity index (χ4n) is 2.19. The van der Waals surface area contributed by atoms with Crippen LogP contribution in [0.1, 0.15) is 19.8 Å². The molecule has 1 unspecified atom stereocenters. The first-order valence-corrected chi connectivity index (χ1v) is 7.88. The van der Waals surface area contributed by atoms with E-state index in [1.165, 1.54) is 0 Å². The van der Waals surface area contributed by atoms with Crippen molar-refractivity contribution in [2.75, 3.05) is 19.8 Å². The van der Waals surface area contributed by atoms with Gasteiger partial charge in [-0.1, -0.05) is 15.9 Å². The van der Waals surface area contributed by atoms with Crippen LogP contribution in [-0.4, -0.2) is 43.1 Å². The topological polar surface area (TPSA) is 50.7 Å². The van der Waals surface area contributed by atoms with Gasteiger partial charge in [0.05, 0.1) is 6.10 Å². The summed E-state index contributed by atoms with van der Waals surface area (Å²) in [5.74, 6) is 0.771. The van der Waals surface area contributed by atoms with E-state index in [9.17, 15) is 5.11 Å². The number of aliphatic hydroxyl groups excluding tert-OH is 1. The van der Waals surface area contributed by atoms with Gasteiger partial charge in [-0.05, 0) is 44.0 Å². The Labute approximate surface area is 128 Å². The number of rotatable bonds is 8. The summed E-state index contributed by atoms with van der Waals surface area (Å²) in [6.07, 6.45) is 1.97. The van der Waals surface area contributed by atoms with Gasteiger partial charge in [-0.2, -0.15) is 0 Å².